The van der Waals surface area contributed by atoms with Gasteiger partial charge in [-0.05, 0) is 41.5 Å². The maximum atomic E-state index is 11.2. The van der Waals surface area contributed by atoms with E-state index < -0.39 is 10.8 Å². The number of primary amides is 1. The molecule has 0 aromatic heterocycles. The molecular weight excluding hydrogens is 374 g/mol. The van der Waals surface area contributed by atoms with Crippen molar-refractivity contribution in [2.45, 2.75) is 6.61 Å². The number of rotatable bonds is 7. The van der Waals surface area contributed by atoms with Crippen molar-refractivity contribution in [3.05, 3.63) is 68.2 Å². The molecule has 1 amide bonds. The number of nitrogens with zero attached hydrogens (tertiary/aromatic N) is 2. The molecule has 2 aromatic rings. The van der Waals surface area contributed by atoms with E-state index >= 15 is 0 Å². The van der Waals surface area contributed by atoms with E-state index in [-0.39, 0.29) is 34.4 Å². The van der Waals surface area contributed by atoms with Crippen LogP contribution >= 0.6 is 11.6 Å². The molecule has 0 aliphatic rings. The lowest BCUT2D eigenvalue weighted by atomic mass is 10.1. The van der Waals surface area contributed by atoms with Crippen LogP contribution in [0.25, 0.3) is 6.08 Å². The number of nitrogens with two attached hydrogens (primary N) is 1. The monoisotopic (exact) mass is 387 g/mol. The minimum absolute atomic E-state index is 0.0201. The maximum Gasteiger partial charge on any atom is 0.269 e. The van der Waals surface area contributed by atoms with Crippen molar-refractivity contribution in [2.24, 2.45) is 5.73 Å². The first kappa shape index (κ1) is 19.8. The molecule has 0 atom stereocenters. The summed E-state index contributed by atoms with van der Waals surface area (Å²) in [6.45, 7) is 0.105. The van der Waals surface area contributed by atoms with E-state index in [9.17, 15) is 14.9 Å². The average molecular weight is 388 g/mol. The van der Waals surface area contributed by atoms with E-state index in [2.05, 4.69) is 0 Å². The second-order valence-corrected chi connectivity index (χ2v) is 5.69. The van der Waals surface area contributed by atoms with Crippen LogP contribution in [-0.2, 0) is 11.4 Å². The van der Waals surface area contributed by atoms with Gasteiger partial charge in [-0.3, -0.25) is 14.9 Å². The zero-order valence-electron chi connectivity index (χ0n) is 14.1. The Hall–Kier alpha value is -3.57. The van der Waals surface area contributed by atoms with Crippen LogP contribution in [0.5, 0.6) is 11.5 Å². The summed E-state index contributed by atoms with van der Waals surface area (Å²) in [6, 6.07) is 10.6. The summed E-state index contributed by atoms with van der Waals surface area (Å²) in [7, 11) is 1.41. The third-order valence-electron chi connectivity index (χ3n) is 3.48. The fourth-order valence-corrected chi connectivity index (χ4v) is 2.43. The summed E-state index contributed by atoms with van der Waals surface area (Å²) in [5.41, 5.74) is 6.00. The van der Waals surface area contributed by atoms with Crippen LogP contribution in [0.15, 0.2) is 42.0 Å². The predicted molar refractivity (Wildman–Crippen MR) is 98.2 cm³/mol. The van der Waals surface area contributed by atoms with Crippen LogP contribution in [-0.4, -0.2) is 17.9 Å². The van der Waals surface area contributed by atoms with Gasteiger partial charge in [-0.2, -0.15) is 5.26 Å². The third-order valence-corrected chi connectivity index (χ3v) is 3.76. The molecule has 0 radical (unpaired) electrons. The number of amides is 1. The maximum absolute atomic E-state index is 11.2. The molecule has 0 saturated heterocycles. The summed E-state index contributed by atoms with van der Waals surface area (Å²) in [6.07, 6.45) is 1.29. The van der Waals surface area contributed by atoms with E-state index in [4.69, 9.17) is 32.1 Å². The van der Waals surface area contributed by atoms with Crippen LogP contribution in [0.3, 0.4) is 0 Å². The van der Waals surface area contributed by atoms with Crippen LogP contribution in [0, 0.1) is 21.4 Å². The summed E-state index contributed by atoms with van der Waals surface area (Å²) in [5, 5.41) is 19.8. The molecule has 0 fully saturated rings. The zero-order valence-corrected chi connectivity index (χ0v) is 14.9. The highest BCUT2D eigenvalue weighted by Crippen LogP contribution is 2.37. The van der Waals surface area contributed by atoms with Crippen molar-refractivity contribution in [2.75, 3.05) is 7.11 Å². The number of carbonyl (C=O) groups is 1. The fourth-order valence-electron chi connectivity index (χ4n) is 2.16. The smallest absolute Gasteiger partial charge is 0.269 e. The molecule has 27 heavy (non-hydrogen) atoms. The molecule has 0 aliphatic heterocycles. The van der Waals surface area contributed by atoms with Gasteiger partial charge in [0.25, 0.3) is 11.6 Å². The molecule has 8 nitrogen and oxygen atoms in total. The van der Waals surface area contributed by atoms with Gasteiger partial charge in [0, 0.05) is 12.1 Å². The number of nitriles is 1. The van der Waals surface area contributed by atoms with E-state index in [1.807, 2.05) is 0 Å². The number of non-ortho nitro benzene ring substituents is 1. The van der Waals surface area contributed by atoms with Crippen LogP contribution < -0.4 is 15.2 Å². The SMILES string of the molecule is COc1cc(/C=C(\C#N)C(N)=O)cc(Cl)c1OCc1ccc([N+](=O)[O-])cc1. The lowest BCUT2D eigenvalue weighted by Crippen LogP contribution is -2.12. The van der Waals surface area contributed by atoms with Gasteiger partial charge >= 0.3 is 0 Å². The number of methoxy groups -OCH3 is 1. The van der Waals surface area contributed by atoms with Gasteiger partial charge in [-0.25, -0.2) is 0 Å². The Labute approximate surface area is 159 Å². The van der Waals surface area contributed by atoms with Crippen molar-refractivity contribution < 1.29 is 19.2 Å². The van der Waals surface area contributed by atoms with Crippen molar-refractivity contribution in [1.82, 2.24) is 0 Å². The first-order valence-corrected chi connectivity index (χ1v) is 7.88. The topological polar surface area (TPSA) is 128 Å². The van der Waals surface area contributed by atoms with Gasteiger partial charge in [0.2, 0.25) is 0 Å². The third kappa shape index (κ3) is 4.96. The molecule has 0 spiro atoms. The summed E-state index contributed by atoms with van der Waals surface area (Å²) >= 11 is 6.23. The number of benzene rings is 2. The Kier molecular flexibility index (Phi) is 6.36. The molecule has 2 N–H and O–H groups in total. The predicted octanol–water partition coefficient (Wildman–Crippen LogP) is 3.23. The van der Waals surface area contributed by atoms with E-state index in [0.717, 1.165) is 0 Å². The van der Waals surface area contributed by atoms with Crippen molar-refractivity contribution in [1.29, 1.82) is 5.26 Å². The normalized spacial score (nSPS) is 10.8. The fraction of sp³-hybridized carbons (Fsp3) is 0.111. The number of hydrogen-bond acceptors (Lipinski definition) is 6. The Bertz CT molecular complexity index is 949. The van der Waals surface area contributed by atoms with Crippen molar-refractivity contribution in [3.63, 3.8) is 0 Å². The molecule has 0 bridgehead atoms. The lowest BCUT2D eigenvalue weighted by Gasteiger charge is -2.13. The number of nitro groups is 1. The van der Waals surface area contributed by atoms with Gasteiger partial charge in [-0.15, -0.1) is 0 Å². The Morgan fingerprint density at radius 3 is 2.56 bits per heavy atom. The second kappa shape index (κ2) is 8.69. The van der Waals surface area contributed by atoms with Gasteiger partial charge in [0.15, 0.2) is 11.5 Å². The molecule has 2 rings (SSSR count). The average Bonchev–Trinajstić information content (AvgIpc) is 2.64. The van der Waals surface area contributed by atoms with Crippen LogP contribution in [0.1, 0.15) is 11.1 Å². The molecular formula is C18H14ClN3O5. The minimum Gasteiger partial charge on any atom is -0.493 e. The first-order valence-electron chi connectivity index (χ1n) is 7.51. The van der Waals surface area contributed by atoms with Gasteiger partial charge < -0.3 is 15.2 Å². The molecule has 138 valence electrons. The number of nitro benzene ring substituents is 1. The second-order valence-electron chi connectivity index (χ2n) is 5.28. The highest BCUT2D eigenvalue weighted by Gasteiger charge is 2.13. The van der Waals surface area contributed by atoms with Gasteiger partial charge in [0.05, 0.1) is 17.1 Å². The molecule has 0 aliphatic carbocycles. The highest BCUT2D eigenvalue weighted by atomic mass is 35.5. The van der Waals surface area contributed by atoms with Gasteiger partial charge in [0.1, 0.15) is 18.2 Å². The standard InChI is InChI=1S/C18H14ClN3O5/c1-26-16-8-12(6-13(9-20)18(21)23)7-15(19)17(16)27-10-11-2-4-14(5-3-11)22(24)25/h2-8H,10H2,1H3,(H2,21,23)/b13-6+. The zero-order chi connectivity index (χ0) is 20.0. The molecule has 0 heterocycles. The minimum atomic E-state index is -0.855. The first-order chi connectivity index (χ1) is 12.8. The Morgan fingerprint density at radius 1 is 1.37 bits per heavy atom. The van der Waals surface area contributed by atoms with Gasteiger partial charge in [-0.1, -0.05) is 11.6 Å². The quantitative estimate of drug-likeness (QED) is 0.336. The highest BCUT2D eigenvalue weighted by molar-refractivity contribution is 6.32. The van der Waals surface area contributed by atoms with E-state index in [1.165, 1.54) is 37.5 Å². The Morgan fingerprint density at radius 2 is 2.04 bits per heavy atom. The summed E-state index contributed by atoms with van der Waals surface area (Å²) in [5.74, 6) is -0.309. The van der Waals surface area contributed by atoms with Crippen LogP contribution in [0.4, 0.5) is 5.69 Å². The van der Waals surface area contributed by atoms with Crippen molar-refractivity contribution in [3.8, 4) is 17.6 Å². The molecule has 0 unspecified atom stereocenters. The molecule has 9 heteroatoms. The van der Waals surface area contributed by atoms with E-state index in [1.54, 1.807) is 18.2 Å². The largest absolute Gasteiger partial charge is 0.493 e. The number of halogens is 1. The lowest BCUT2D eigenvalue weighted by molar-refractivity contribution is -0.384. The number of hydrogen-bond donors (Lipinski definition) is 1. The number of carbonyl (C=O) groups excluding carboxylic acids is 1. The molecule has 0 saturated carbocycles. The van der Waals surface area contributed by atoms with Crippen molar-refractivity contribution >= 4 is 29.3 Å². The van der Waals surface area contributed by atoms with Crippen LogP contribution in [0.2, 0.25) is 5.02 Å². The molecule has 2 aromatic carbocycles. The number of ether oxygens (including phenoxy) is 2. The van der Waals surface area contributed by atoms with E-state index in [0.29, 0.717) is 11.1 Å². The summed E-state index contributed by atoms with van der Waals surface area (Å²) in [4.78, 5) is 21.4. The summed E-state index contributed by atoms with van der Waals surface area (Å²) < 4.78 is 10.9. The Balaban J connectivity index is 2.26.